The minimum absolute atomic E-state index is 0.0777. The lowest BCUT2D eigenvalue weighted by Crippen LogP contribution is -2.24. The number of aromatic nitrogens is 4. The third-order valence-corrected chi connectivity index (χ3v) is 3.41. The molecule has 2 N–H and O–H groups in total. The molecule has 0 amide bonds. The van der Waals surface area contributed by atoms with E-state index in [1.54, 1.807) is 56.9 Å². The van der Waals surface area contributed by atoms with E-state index in [0.717, 1.165) is 0 Å². The molecule has 0 atom stereocenters. The van der Waals surface area contributed by atoms with Crippen LogP contribution < -0.4 is 5.32 Å². The summed E-state index contributed by atoms with van der Waals surface area (Å²) < 4.78 is 8.46. The molecular formula is C17H19N5O4. The van der Waals surface area contributed by atoms with Gasteiger partial charge < -0.3 is 19.6 Å². The number of nitrogens with zero attached hydrogens (tertiary/aromatic N) is 4. The molecule has 26 heavy (non-hydrogen) atoms. The normalized spacial score (nSPS) is 11.5. The van der Waals surface area contributed by atoms with E-state index in [0.29, 0.717) is 5.82 Å². The van der Waals surface area contributed by atoms with E-state index in [1.165, 1.54) is 10.7 Å². The van der Waals surface area contributed by atoms with E-state index < -0.39 is 17.5 Å². The number of fused-ring (bicyclic) bond motifs is 1. The lowest BCUT2D eigenvalue weighted by molar-refractivity contribution is 0.00704. The van der Waals surface area contributed by atoms with Crippen LogP contribution in [-0.2, 0) is 11.8 Å². The number of aryl methyl sites for hydroxylation is 1. The van der Waals surface area contributed by atoms with Crippen LogP contribution in [-0.4, -0.2) is 41.8 Å². The number of rotatable bonds is 4. The molecule has 0 aliphatic heterocycles. The average Bonchev–Trinajstić information content (AvgIpc) is 3.07. The number of carboxylic acid groups (broad SMARTS) is 1. The summed E-state index contributed by atoms with van der Waals surface area (Å²) in [4.78, 5) is 28.0. The van der Waals surface area contributed by atoms with Gasteiger partial charge in [0.15, 0.2) is 17.3 Å². The summed E-state index contributed by atoms with van der Waals surface area (Å²) in [6.07, 6.45) is 4.86. The predicted octanol–water partition coefficient (Wildman–Crippen LogP) is 2.46. The molecule has 9 heteroatoms. The monoisotopic (exact) mass is 357 g/mol. The number of pyridine rings is 1. The highest BCUT2D eigenvalue weighted by atomic mass is 16.6. The van der Waals surface area contributed by atoms with Crippen LogP contribution in [0.5, 0.6) is 0 Å². The van der Waals surface area contributed by atoms with Crippen molar-refractivity contribution < 1.29 is 19.4 Å². The minimum Gasteiger partial charge on any atom is -0.478 e. The molecule has 0 radical (unpaired) electrons. The fourth-order valence-electron chi connectivity index (χ4n) is 2.42. The Bertz CT molecular complexity index is 996. The molecule has 136 valence electrons. The zero-order valence-corrected chi connectivity index (χ0v) is 14.8. The molecule has 3 aromatic rings. The SMILES string of the molecule is Cn1cc(C(=O)OC(C)(C)C)c(Nc2cn3cccc(C(=O)O)c3n2)n1. The molecule has 0 aliphatic rings. The number of imidazole rings is 1. The van der Waals surface area contributed by atoms with Crippen LogP contribution in [0, 0.1) is 0 Å². The van der Waals surface area contributed by atoms with Crippen LogP contribution >= 0.6 is 0 Å². The van der Waals surface area contributed by atoms with Gasteiger partial charge in [0.05, 0.1) is 6.20 Å². The van der Waals surface area contributed by atoms with Crippen LogP contribution in [0.2, 0.25) is 0 Å². The Morgan fingerprint density at radius 3 is 2.62 bits per heavy atom. The number of nitrogens with one attached hydrogen (secondary N) is 1. The van der Waals surface area contributed by atoms with Gasteiger partial charge in [-0.15, -0.1) is 0 Å². The van der Waals surface area contributed by atoms with Crippen LogP contribution in [0.1, 0.15) is 41.5 Å². The van der Waals surface area contributed by atoms with Gasteiger partial charge in [0.25, 0.3) is 0 Å². The Kier molecular flexibility index (Phi) is 4.15. The van der Waals surface area contributed by atoms with Gasteiger partial charge in [-0.3, -0.25) is 4.68 Å². The van der Waals surface area contributed by atoms with Crippen molar-refractivity contribution in [1.82, 2.24) is 19.2 Å². The summed E-state index contributed by atoms with van der Waals surface area (Å²) in [5, 5.41) is 16.4. The predicted molar refractivity (Wildman–Crippen MR) is 93.8 cm³/mol. The number of hydrogen-bond acceptors (Lipinski definition) is 6. The Labute approximate surface area is 149 Å². The van der Waals surface area contributed by atoms with Crippen molar-refractivity contribution >= 4 is 29.2 Å². The lowest BCUT2D eigenvalue weighted by atomic mass is 10.2. The third kappa shape index (κ3) is 3.51. The number of hydrogen-bond donors (Lipinski definition) is 2. The van der Waals surface area contributed by atoms with Crippen molar-refractivity contribution in [1.29, 1.82) is 0 Å². The van der Waals surface area contributed by atoms with E-state index in [9.17, 15) is 14.7 Å². The van der Waals surface area contributed by atoms with Gasteiger partial charge in [0.1, 0.15) is 16.7 Å². The highest BCUT2D eigenvalue weighted by Gasteiger charge is 2.23. The molecule has 3 heterocycles. The maximum Gasteiger partial charge on any atom is 0.344 e. The molecule has 9 nitrogen and oxygen atoms in total. The second-order valence-electron chi connectivity index (χ2n) is 6.78. The standard InChI is InChI=1S/C17H19N5O4/c1-17(2,3)26-16(25)11-8-21(4)20-13(11)18-12-9-22-7-5-6-10(15(23)24)14(22)19-12/h5-9H,1-4H3,(H,18,20)(H,23,24). The van der Waals surface area contributed by atoms with Gasteiger partial charge in [-0.05, 0) is 32.9 Å². The van der Waals surface area contributed by atoms with Crippen LogP contribution in [0.15, 0.2) is 30.7 Å². The number of ether oxygens (including phenoxy) is 1. The van der Waals surface area contributed by atoms with Gasteiger partial charge in [0, 0.05) is 19.4 Å². The smallest absolute Gasteiger partial charge is 0.344 e. The largest absolute Gasteiger partial charge is 0.478 e. The van der Waals surface area contributed by atoms with E-state index in [2.05, 4.69) is 15.4 Å². The number of aromatic carboxylic acids is 1. The van der Waals surface area contributed by atoms with E-state index >= 15 is 0 Å². The first-order valence-electron chi connectivity index (χ1n) is 7.89. The highest BCUT2D eigenvalue weighted by Crippen LogP contribution is 2.22. The molecule has 0 bridgehead atoms. The van der Waals surface area contributed by atoms with Crippen molar-refractivity contribution in [3.05, 3.63) is 41.9 Å². The first-order valence-corrected chi connectivity index (χ1v) is 7.89. The lowest BCUT2D eigenvalue weighted by Gasteiger charge is -2.19. The fourth-order valence-corrected chi connectivity index (χ4v) is 2.42. The zero-order valence-electron chi connectivity index (χ0n) is 14.8. The molecule has 0 aliphatic carbocycles. The van der Waals surface area contributed by atoms with Crippen molar-refractivity contribution in [3.8, 4) is 0 Å². The van der Waals surface area contributed by atoms with Crippen molar-refractivity contribution in [2.45, 2.75) is 26.4 Å². The van der Waals surface area contributed by atoms with Crippen molar-refractivity contribution in [3.63, 3.8) is 0 Å². The van der Waals surface area contributed by atoms with E-state index in [-0.39, 0.29) is 22.6 Å². The maximum atomic E-state index is 12.4. The number of carbonyl (C=O) groups is 2. The zero-order chi connectivity index (χ0) is 19.1. The van der Waals surface area contributed by atoms with Gasteiger partial charge in [-0.1, -0.05) is 0 Å². The van der Waals surface area contributed by atoms with Crippen molar-refractivity contribution in [2.75, 3.05) is 5.32 Å². The molecule has 0 saturated heterocycles. The molecule has 0 aromatic carbocycles. The summed E-state index contributed by atoms with van der Waals surface area (Å²) in [6, 6.07) is 3.09. The Balaban J connectivity index is 1.95. The summed E-state index contributed by atoms with van der Waals surface area (Å²) in [6.45, 7) is 5.34. The Morgan fingerprint density at radius 2 is 1.96 bits per heavy atom. The van der Waals surface area contributed by atoms with E-state index in [4.69, 9.17) is 4.74 Å². The Hall–Kier alpha value is -3.36. The van der Waals surface area contributed by atoms with Crippen LogP contribution in [0.4, 0.5) is 11.6 Å². The number of carboxylic acids is 1. The van der Waals surface area contributed by atoms with Crippen LogP contribution in [0.3, 0.4) is 0 Å². The molecule has 0 spiro atoms. The molecule has 0 saturated carbocycles. The first-order chi connectivity index (χ1) is 12.1. The third-order valence-electron chi connectivity index (χ3n) is 3.41. The summed E-state index contributed by atoms with van der Waals surface area (Å²) >= 11 is 0. The topological polar surface area (TPSA) is 111 Å². The number of esters is 1. The highest BCUT2D eigenvalue weighted by molar-refractivity contribution is 5.96. The summed E-state index contributed by atoms with van der Waals surface area (Å²) in [5.41, 5.74) is -0.00643. The summed E-state index contributed by atoms with van der Waals surface area (Å²) in [7, 11) is 1.69. The molecule has 3 aromatic heterocycles. The average molecular weight is 357 g/mol. The minimum atomic E-state index is -1.07. The summed E-state index contributed by atoms with van der Waals surface area (Å²) in [5.74, 6) is -0.938. The fraction of sp³-hybridized carbons (Fsp3) is 0.294. The van der Waals surface area contributed by atoms with Gasteiger partial charge in [0.2, 0.25) is 0 Å². The number of anilines is 2. The van der Waals surface area contributed by atoms with Gasteiger partial charge >= 0.3 is 11.9 Å². The van der Waals surface area contributed by atoms with Crippen molar-refractivity contribution in [2.24, 2.45) is 7.05 Å². The van der Waals surface area contributed by atoms with E-state index in [1.807, 2.05) is 0 Å². The molecular weight excluding hydrogens is 338 g/mol. The Morgan fingerprint density at radius 1 is 1.23 bits per heavy atom. The van der Waals surface area contributed by atoms with Gasteiger partial charge in [-0.25, -0.2) is 14.6 Å². The molecule has 3 rings (SSSR count). The second-order valence-corrected chi connectivity index (χ2v) is 6.78. The first kappa shape index (κ1) is 17.5. The number of carbonyl (C=O) groups excluding carboxylic acids is 1. The maximum absolute atomic E-state index is 12.4. The quantitative estimate of drug-likeness (QED) is 0.690. The molecule has 0 unspecified atom stereocenters. The molecule has 0 fully saturated rings. The second kappa shape index (κ2) is 6.17. The van der Waals surface area contributed by atoms with Crippen LogP contribution in [0.25, 0.3) is 5.65 Å². The van der Waals surface area contributed by atoms with Gasteiger partial charge in [-0.2, -0.15) is 5.10 Å².